The number of carbonyl (C=O) groups excluding carboxylic acids is 1. The summed E-state index contributed by atoms with van der Waals surface area (Å²) in [6.45, 7) is 4.27. The van der Waals surface area contributed by atoms with Crippen LogP contribution in [-0.4, -0.2) is 52.4 Å². The predicted octanol–water partition coefficient (Wildman–Crippen LogP) is 7.23. The number of imidazole rings is 1. The van der Waals surface area contributed by atoms with E-state index in [4.69, 9.17) is 30.0 Å². The van der Waals surface area contributed by atoms with Crippen LogP contribution in [0.5, 0.6) is 0 Å². The Hall–Kier alpha value is -3.43. The van der Waals surface area contributed by atoms with Crippen molar-refractivity contribution in [3.05, 3.63) is 64.5 Å². The Morgan fingerprint density at radius 3 is 2.62 bits per heavy atom. The molecular weight excluding hydrogens is 533 g/mol. The Morgan fingerprint density at radius 1 is 1.12 bits per heavy atom. The van der Waals surface area contributed by atoms with Crippen molar-refractivity contribution in [2.24, 2.45) is 0 Å². The molecule has 1 aliphatic heterocycles. The van der Waals surface area contributed by atoms with Crippen LogP contribution in [0.2, 0.25) is 5.02 Å². The van der Waals surface area contributed by atoms with Gasteiger partial charge in [-0.05, 0) is 81.8 Å². The number of amides is 2. The first-order valence-electron chi connectivity index (χ1n) is 15.0. The van der Waals surface area contributed by atoms with Crippen LogP contribution in [0.25, 0.3) is 22.2 Å². The summed E-state index contributed by atoms with van der Waals surface area (Å²) in [6, 6.07) is 9.71. The lowest BCUT2D eigenvalue weighted by Crippen LogP contribution is -2.50. The zero-order chi connectivity index (χ0) is 30.6. The smallest absolute Gasteiger partial charge is 0.324 e. The van der Waals surface area contributed by atoms with Gasteiger partial charge in [-0.15, -0.1) is 0 Å². The van der Waals surface area contributed by atoms with E-state index in [1.54, 1.807) is 22.9 Å². The lowest BCUT2D eigenvalue weighted by atomic mass is 9.92. The summed E-state index contributed by atoms with van der Waals surface area (Å²) in [6.07, 6.45) is 2.74. The molecule has 0 radical (unpaired) electrons. The van der Waals surface area contributed by atoms with Gasteiger partial charge in [0.2, 0.25) is 0 Å². The molecule has 1 aliphatic carbocycles. The summed E-state index contributed by atoms with van der Waals surface area (Å²) in [5.41, 5.74) is 4.66. The monoisotopic (exact) mass is 568 g/mol. The molecule has 2 aromatic carbocycles. The van der Waals surface area contributed by atoms with Crippen molar-refractivity contribution in [1.29, 1.82) is 0 Å². The van der Waals surface area contributed by atoms with E-state index < -0.39 is 18.9 Å². The number of rotatable bonds is 5. The van der Waals surface area contributed by atoms with Gasteiger partial charge in [-0.2, -0.15) is 0 Å². The molecular formula is C30H33ClFN5O3. The van der Waals surface area contributed by atoms with Gasteiger partial charge < -0.3 is 18.7 Å². The number of carbonyl (C=O) groups is 1. The zero-order valence-corrected chi connectivity index (χ0v) is 23.4. The Balaban J connectivity index is 1.47. The second-order valence-corrected chi connectivity index (χ2v) is 11.2. The molecule has 2 aliphatic rings. The molecule has 0 N–H and O–H groups in total. The third kappa shape index (κ3) is 4.55. The minimum absolute atomic E-state index is 0.0000673. The predicted molar refractivity (Wildman–Crippen MR) is 152 cm³/mol. The van der Waals surface area contributed by atoms with Crippen LogP contribution in [0.4, 0.5) is 14.9 Å². The maximum atomic E-state index is 14.7. The van der Waals surface area contributed by atoms with Gasteiger partial charge in [-0.1, -0.05) is 22.8 Å². The number of urea groups is 1. The van der Waals surface area contributed by atoms with E-state index in [1.807, 2.05) is 32.0 Å². The van der Waals surface area contributed by atoms with Gasteiger partial charge in [0, 0.05) is 37.9 Å². The van der Waals surface area contributed by atoms with E-state index in [2.05, 4.69) is 9.72 Å². The number of aryl methyl sites for hydroxylation is 2. The summed E-state index contributed by atoms with van der Waals surface area (Å²) < 4.78 is 50.2. The van der Waals surface area contributed by atoms with Crippen molar-refractivity contribution in [2.75, 3.05) is 25.5 Å². The van der Waals surface area contributed by atoms with Crippen molar-refractivity contribution < 1.29 is 22.6 Å². The number of hydrogen-bond acceptors (Lipinski definition) is 5. The fourth-order valence-electron chi connectivity index (χ4n) is 6.24. The van der Waals surface area contributed by atoms with Crippen LogP contribution in [-0.2, 0) is 4.74 Å². The Morgan fingerprint density at radius 2 is 1.93 bits per heavy atom. The molecule has 210 valence electrons. The average Bonchev–Trinajstić information content (AvgIpc) is 3.50. The highest BCUT2D eigenvalue weighted by Crippen LogP contribution is 2.41. The molecule has 0 bridgehead atoms. The number of fused-ring (bicyclic) bond motifs is 1. The third-order valence-electron chi connectivity index (χ3n) is 8.28. The number of aromatic nitrogens is 3. The zero-order valence-electron chi connectivity index (χ0n) is 25.7. The van der Waals surface area contributed by atoms with E-state index in [0.29, 0.717) is 55.9 Å². The first-order valence-corrected chi connectivity index (χ1v) is 13.9. The minimum atomic E-state index is -2.44. The van der Waals surface area contributed by atoms with E-state index in [1.165, 1.54) is 12.1 Å². The van der Waals surface area contributed by atoms with Gasteiger partial charge in [-0.25, -0.2) is 14.2 Å². The SMILES string of the molecule is [2H]C([2H])([2H])O[C@H]1CC[C@H](n2c(C3CCN(C)C(=O)N3c3ccc(Cl)c(F)c3)nc3cc(-c4c(C)noc4C)ccc32)CC1. The maximum absolute atomic E-state index is 14.7. The quantitative estimate of drug-likeness (QED) is 0.254. The van der Waals surface area contributed by atoms with Crippen molar-refractivity contribution in [3.63, 3.8) is 0 Å². The second kappa shape index (κ2) is 10.5. The number of halogens is 2. The van der Waals surface area contributed by atoms with Gasteiger partial charge in [0.25, 0.3) is 0 Å². The van der Waals surface area contributed by atoms with Crippen molar-refractivity contribution in [3.8, 4) is 11.1 Å². The van der Waals surface area contributed by atoms with Crippen molar-refractivity contribution in [1.82, 2.24) is 19.6 Å². The van der Waals surface area contributed by atoms with Gasteiger partial charge in [0.15, 0.2) is 0 Å². The maximum Gasteiger partial charge on any atom is 0.324 e. The summed E-state index contributed by atoms with van der Waals surface area (Å²) in [7, 11) is -0.718. The highest BCUT2D eigenvalue weighted by Gasteiger charge is 2.38. The Kier molecular flexibility index (Phi) is 6.13. The van der Waals surface area contributed by atoms with E-state index in [0.717, 1.165) is 27.9 Å². The normalized spacial score (nSPS) is 23.4. The van der Waals surface area contributed by atoms with Crippen LogP contribution >= 0.6 is 11.6 Å². The molecule has 4 aromatic rings. The van der Waals surface area contributed by atoms with Crippen LogP contribution in [0.1, 0.15) is 65.6 Å². The highest BCUT2D eigenvalue weighted by molar-refractivity contribution is 6.30. The van der Waals surface area contributed by atoms with Crippen LogP contribution in [0.15, 0.2) is 40.9 Å². The summed E-state index contributed by atoms with van der Waals surface area (Å²) >= 11 is 5.99. The molecule has 6 rings (SSSR count). The molecule has 8 nitrogen and oxygen atoms in total. The van der Waals surface area contributed by atoms with Crippen LogP contribution in [0, 0.1) is 19.7 Å². The molecule has 3 heterocycles. The summed E-state index contributed by atoms with van der Waals surface area (Å²) in [4.78, 5) is 22.0. The van der Waals surface area contributed by atoms with Crippen molar-refractivity contribution in [2.45, 2.75) is 64.1 Å². The fraction of sp³-hybridized carbons (Fsp3) is 0.433. The number of anilines is 1. The lowest BCUT2D eigenvalue weighted by molar-refractivity contribution is 0.0583. The number of hydrogen-bond donors (Lipinski definition) is 0. The molecule has 1 saturated carbocycles. The molecule has 0 spiro atoms. The Bertz CT molecular complexity index is 1660. The average molecular weight is 569 g/mol. The first-order chi connectivity index (χ1) is 20.4. The molecule has 2 amide bonds. The van der Waals surface area contributed by atoms with E-state index in [9.17, 15) is 9.18 Å². The first kappa shape index (κ1) is 23.3. The number of ether oxygens (including phenoxy) is 1. The lowest BCUT2D eigenvalue weighted by Gasteiger charge is -2.41. The van der Waals surface area contributed by atoms with E-state index in [-0.39, 0.29) is 23.2 Å². The molecule has 40 heavy (non-hydrogen) atoms. The second-order valence-electron chi connectivity index (χ2n) is 10.8. The Labute approximate surface area is 241 Å². The van der Waals surface area contributed by atoms with Crippen LogP contribution < -0.4 is 4.90 Å². The molecule has 2 fully saturated rings. The van der Waals surface area contributed by atoms with E-state index >= 15 is 0 Å². The molecule has 1 atom stereocenters. The van der Waals surface area contributed by atoms with Crippen molar-refractivity contribution >= 4 is 34.4 Å². The van der Waals surface area contributed by atoms with Gasteiger partial charge >= 0.3 is 6.03 Å². The van der Waals surface area contributed by atoms with Gasteiger partial charge in [0.1, 0.15) is 17.4 Å². The standard InChI is InChI=1S/C30H33ClFN5O3/c1-17-28(18(2)40-34-17)19-5-12-26-25(15-19)33-29(36(26)20-6-9-22(39-4)10-7-20)27-13-14-35(3)30(38)37(27)21-8-11-23(31)24(32)16-21/h5,8,11-12,15-16,20,22,27H,6-7,9-10,13-14H2,1-4H3/t20-,22-,27?/i4D3. The highest BCUT2D eigenvalue weighted by atomic mass is 35.5. The number of methoxy groups -OCH3 is 1. The number of nitrogens with zero attached hydrogens (tertiary/aromatic N) is 5. The fourth-order valence-corrected chi connectivity index (χ4v) is 6.35. The molecule has 1 saturated heterocycles. The topological polar surface area (TPSA) is 76.6 Å². The third-order valence-corrected chi connectivity index (χ3v) is 8.58. The summed E-state index contributed by atoms with van der Waals surface area (Å²) in [5.74, 6) is 0.799. The summed E-state index contributed by atoms with van der Waals surface area (Å²) in [5, 5.41) is 4.09. The largest absolute Gasteiger partial charge is 0.381 e. The number of benzene rings is 2. The van der Waals surface area contributed by atoms with Gasteiger partial charge in [0.05, 0.1) is 38.0 Å². The molecule has 1 unspecified atom stereocenters. The molecule has 2 aromatic heterocycles. The van der Waals surface area contributed by atoms with Gasteiger partial charge in [-0.3, -0.25) is 4.90 Å². The minimum Gasteiger partial charge on any atom is -0.381 e. The molecule has 10 heteroatoms. The van der Waals surface area contributed by atoms with Crippen LogP contribution in [0.3, 0.4) is 0 Å².